The van der Waals surface area contributed by atoms with Crippen LogP contribution in [-0.4, -0.2) is 24.7 Å². The van der Waals surface area contributed by atoms with Gasteiger partial charge in [0.15, 0.2) is 11.5 Å². The summed E-state index contributed by atoms with van der Waals surface area (Å²) in [4.78, 5) is 6.45. The number of nitrogens with one attached hydrogen (secondary N) is 1. The van der Waals surface area contributed by atoms with E-state index in [4.69, 9.17) is 14.5 Å². The Morgan fingerprint density at radius 1 is 1.04 bits per heavy atom. The maximum atomic E-state index is 5.90. The lowest BCUT2D eigenvalue weighted by Crippen LogP contribution is -3.08. The summed E-state index contributed by atoms with van der Waals surface area (Å²) < 4.78 is 13.0. The number of likely N-dealkylation sites (tertiary alicyclic amines) is 1. The molecule has 1 unspecified atom stereocenters. The summed E-state index contributed by atoms with van der Waals surface area (Å²) in [6, 6.07) is 15.5. The number of ether oxygens (including phenoxy) is 2. The highest BCUT2D eigenvalue weighted by atomic mass is 32.1. The number of fused-ring (bicyclic) bond motifs is 2. The van der Waals surface area contributed by atoms with E-state index in [1.54, 1.807) is 4.90 Å². The van der Waals surface area contributed by atoms with Crippen molar-refractivity contribution in [2.24, 2.45) is 0 Å². The molecule has 0 amide bonds. The molecule has 0 saturated carbocycles. The summed E-state index contributed by atoms with van der Waals surface area (Å²) in [5, 5.41) is 1.24. The molecular formula is C21H23N2O2S+. The van der Waals surface area contributed by atoms with Gasteiger partial charge in [0.2, 0.25) is 0 Å². The SMILES string of the molecule is c1ccc2sc(C[NH+]3CCC[C@H]3c3ccc4c(c3)OCCCO4)nc2c1. The first kappa shape index (κ1) is 16.1. The minimum atomic E-state index is 0.513. The highest BCUT2D eigenvalue weighted by molar-refractivity contribution is 7.18. The normalized spacial score (nSPS) is 22.5. The van der Waals surface area contributed by atoms with Crippen LogP contribution in [0.4, 0.5) is 0 Å². The highest BCUT2D eigenvalue weighted by Gasteiger charge is 2.31. The Bertz CT molecular complexity index is 890. The standard InChI is InChI=1S/C21H22N2O2S/c1-2-7-20-16(5-1)22-21(26-20)14-23-10-3-6-17(23)15-8-9-18-19(13-15)25-12-4-11-24-18/h1-2,5,7-9,13,17H,3-4,6,10-12,14H2/p+1/t17-/m0/s1. The second kappa shape index (κ2) is 6.89. The van der Waals surface area contributed by atoms with Crippen molar-refractivity contribution >= 4 is 21.6 Å². The first-order valence-corrected chi connectivity index (χ1v) is 10.3. The van der Waals surface area contributed by atoms with E-state index in [1.165, 1.54) is 34.7 Å². The minimum absolute atomic E-state index is 0.513. The molecule has 0 spiro atoms. The third-order valence-electron chi connectivity index (χ3n) is 5.37. The molecule has 1 aromatic heterocycles. The first-order valence-electron chi connectivity index (χ1n) is 9.45. The lowest BCUT2D eigenvalue weighted by molar-refractivity contribution is -0.932. The van der Waals surface area contributed by atoms with Gasteiger partial charge in [0, 0.05) is 24.8 Å². The van der Waals surface area contributed by atoms with Crippen LogP contribution in [0.15, 0.2) is 42.5 Å². The van der Waals surface area contributed by atoms with Crippen molar-refractivity contribution in [1.82, 2.24) is 4.98 Å². The Kier molecular flexibility index (Phi) is 4.27. The molecule has 134 valence electrons. The van der Waals surface area contributed by atoms with Crippen LogP contribution < -0.4 is 14.4 Å². The van der Waals surface area contributed by atoms with E-state index in [2.05, 4.69) is 42.5 Å². The van der Waals surface area contributed by atoms with Crippen molar-refractivity contribution in [3.05, 3.63) is 53.0 Å². The highest BCUT2D eigenvalue weighted by Crippen LogP contribution is 2.33. The molecule has 5 heteroatoms. The largest absolute Gasteiger partial charge is 0.490 e. The molecule has 2 aliphatic rings. The number of hydrogen-bond donors (Lipinski definition) is 1. The summed E-state index contributed by atoms with van der Waals surface area (Å²) in [5.74, 6) is 1.79. The molecule has 26 heavy (non-hydrogen) atoms. The number of hydrogen-bond acceptors (Lipinski definition) is 4. The molecule has 2 atom stereocenters. The fraction of sp³-hybridized carbons (Fsp3) is 0.381. The maximum Gasteiger partial charge on any atom is 0.161 e. The molecule has 2 aromatic carbocycles. The van der Waals surface area contributed by atoms with E-state index >= 15 is 0 Å². The Morgan fingerprint density at radius 2 is 1.92 bits per heavy atom. The van der Waals surface area contributed by atoms with Crippen LogP contribution >= 0.6 is 11.3 Å². The monoisotopic (exact) mass is 367 g/mol. The van der Waals surface area contributed by atoms with Gasteiger partial charge in [-0.2, -0.15) is 0 Å². The van der Waals surface area contributed by atoms with Gasteiger partial charge in [-0.3, -0.25) is 0 Å². The van der Waals surface area contributed by atoms with Crippen LogP contribution in [0.5, 0.6) is 11.5 Å². The number of aromatic nitrogens is 1. The van der Waals surface area contributed by atoms with Gasteiger partial charge in [-0.15, -0.1) is 11.3 Å². The molecule has 0 radical (unpaired) electrons. The van der Waals surface area contributed by atoms with Crippen LogP contribution in [0.2, 0.25) is 0 Å². The zero-order chi connectivity index (χ0) is 17.3. The zero-order valence-corrected chi connectivity index (χ0v) is 15.6. The van der Waals surface area contributed by atoms with Gasteiger partial charge in [-0.25, -0.2) is 4.98 Å². The van der Waals surface area contributed by atoms with E-state index in [9.17, 15) is 0 Å². The van der Waals surface area contributed by atoms with Crippen LogP contribution in [-0.2, 0) is 6.54 Å². The van der Waals surface area contributed by atoms with Crippen molar-refractivity contribution in [1.29, 1.82) is 0 Å². The van der Waals surface area contributed by atoms with E-state index in [1.807, 2.05) is 11.3 Å². The predicted molar refractivity (Wildman–Crippen MR) is 103 cm³/mol. The zero-order valence-electron chi connectivity index (χ0n) is 14.7. The average Bonchev–Trinajstić information content (AvgIpc) is 3.21. The molecular weight excluding hydrogens is 344 g/mol. The van der Waals surface area contributed by atoms with Gasteiger partial charge in [-0.05, 0) is 30.3 Å². The van der Waals surface area contributed by atoms with E-state index in [-0.39, 0.29) is 0 Å². The van der Waals surface area contributed by atoms with Crippen LogP contribution in [0, 0.1) is 0 Å². The molecule has 1 saturated heterocycles. The molecule has 3 aromatic rings. The molecule has 0 aliphatic carbocycles. The van der Waals surface area contributed by atoms with Crippen LogP contribution in [0.3, 0.4) is 0 Å². The van der Waals surface area contributed by atoms with E-state index in [0.29, 0.717) is 6.04 Å². The molecule has 1 fully saturated rings. The summed E-state index contributed by atoms with van der Waals surface area (Å²) in [7, 11) is 0. The lowest BCUT2D eigenvalue weighted by atomic mass is 10.0. The van der Waals surface area contributed by atoms with Gasteiger partial charge < -0.3 is 14.4 Å². The average molecular weight is 367 g/mol. The molecule has 4 nitrogen and oxygen atoms in total. The first-order chi connectivity index (χ1) is 12.9. The fourth-order valence-corrected chi connectivity index (χ4v) is 5.13. The number of nitrogens with zero attached hydrogens (tertiary/aromatic N) is 1. The smallest absolute Gasteiger partial charge is 0.161 e. The van der Waals surface area contributed by atoms with E-state index in [0.717, 1.165) is 43.2 Å². The number of thiazole rings is 1. The summed E-state index contributed by atoms with van der Waals surface area (Å²) >= 11 is 1.83. The van der Waals surface area contributed by atoms with Crippen molar-refractivity contribution in [2.45, 2.75) is 31.8 Å². The lowest BCUT2D eigenvalue weighted by Gasteiger charge is -2.21. The van der Waals surface area contributed by atoms with Gasteiger partial charge in [0.05, 0.1) is 30.0 Å². The fourth-order valence-electron chi connectivity index (χ4n) is 4.11. The van der Waals surface area contributed by atoms with Crippen LogP contribution in [0.1, 0.15) is 35.9 Å². The summed E-state index contributed by atoms with van der Waals surface area (Å²) in [6.45, 7) is 3.68. The number of benzene rings is 2. The Hall–Kier alpha value is -2.11. The molecule has 1 N–H and O–H groups in total. The van der Waals surface area contributed by atoms with Gasteiger partial charge in [0.1, 0.15) is 17.6 Å². The molecule has 2 aliphatic heterocycles. The Labute approximate surface area is 157 Å². The topological polar surface area (TPSA) is 35.8 Å². The third-order valence-corrected chi connectivity index (χ3v) is 6.41. The molecule has 3 heterocycles. The van der Waals surface area contributed by atoms with Crippen molar-refractivity contribution < 1.29 is 14.4 Å². The van der Waals surface area contributed by atoms with Crippen molar-refractivity contribution in [3.63, 3.8) is 0 Å². The maximum absolute atomic E-state index is 5.90. The number of rotatable bonds is 3. The minimum Gasteiger partial charge on any atom is -0.490 e. The summed E-state index contributed by atoms with van der Waals surface area (Å²) in [6.07, 6.45) is 3.43. The number of quaternary nitrogens is 1. The Morgan fingerprint density at radius 3 is 2.85 bits per heavy atom. The summed E-state index contributed by atoms with van der Waals surface area (Å²) in [5.41, 5.74) is 2.49. The Balaban J connectivity index is 1.39. The second-order valence-corrected chi connectivity index (χ2v) is 8.23. The van der Waals surface area contributed by atoms with Gasteiger partial charge >= 0.3 is 0 Å². The van der Waals surface area contributed by atoms with Gasteiger partial charge in [0.25, 0.3) is 0 Å². The van der Waals surface area contributed by atoms with Crippen LogP contribution in [0.25, 0.3) is 10.2 Å². The quantitative estimate of drug-likeness (QED) is 0.771. The van der Waals surface area contributed by atoms with Crippen molar-refractivity contribution in [2.75, 3.05) is 19.8 Å². The molecule has 5 rings (SSSR count). The predicted octanol–water partition coefficient (Wildman–Crippen LogP) is 3.38. The second-order valence-electron chi connectivity index (χ2n) is 7.11. The van der Waals surface area contributed by atoms with Gasteiger partial charge in [-0.1, -0.05) is 12.1 Å². The third kappa shape index (κ3) is 3.06. The van der Waals surface area contributed by atoms with E-state index < -0.39 is 0 Å². The number of para-hydroxylation sites is 1. The van der Waals surface area contributed by atoms with Crippen molar-refractivity contribution in [3.8, 4) is 11.5 Å². The molecule has 0 bridgehead atoms.